The van der Waals surface area contributed by atoms with Crippen LogP contribution in [0.2, 0.25) is 0 Å². The van der Waals surface area contributed by atoms with Gasteiger partial charge < -0.3 is 9.73 Å². The number of nitrogens with one attached hydrogen (secondary N) is 1. The zero-order chi connectivity index (χ0) is 18.5. The van der Waals surface area contributed by atoms with Crippen molar-refractivity contribution in [2.75, 3.05) is 5.32 Å². The van der Waals surface area contributed by atoms with Gasteiger partial charge in [0.15, 0.2) is 0 Å². The third kappa shape index (κ3) is 3.02. The molecule has 0 aliphatic heterocycles. The van der Waals surface area contributed by atoms with E-state index in [1.165, 1.54) is 17.5 Å². The van der Waals surface area contributed by atoms with E-state index >= 15 is 0 Å². The highest BCUT2D eigenvalue weighted by Gasteiger charge is 2.21. The first-order valence-corrected chi connectivity index (χ1v) is 9.20. The molecule has 2 heterocycles. The molecule has 4 rings (SSSR count). The fourth-order valence-electron chi connectivity index (χ4n) is 3.74. The molecule has 0 unspecified atom stereocenters. The van der Waals surface area contributed by atoms with E-state index in [9.17, 15) is 4.79 Å². The Balaban J connectivity index is 1.57. The maximum absolute atomic E-state index is 12.7. The molecule has 1 N–H and O–H groups in total. The number of aryl methyl sites for hydroxylation is 3. The topological polar surface area (TPSA) is 60.1 Å². The summed E-state index contributed by atoms with van der Waals surface area (Å²) in [4.78, 5) is 12.7. The molecule has 0 saturated heterocycles. The van der Waals surface area contributed by atoms with Crippen LogP contribution in [-0.2, 0) is 29.6 Å². The number of carbonyl (C=O) groups is 1. The number of anilines is 1. The predicted octanol–water partition coefficient (Wildman–Crippen LogP) is 4.36. The summed E-state index contributed by atoms with van der Waals surface area (Å²) in [5.74, 6) is 0.673. The monoisotopic (exact) mass is 351 g/mol. The number of hydrogen-bond donors (Lipinski definition) is 1. The van der Waals surface area contributed by atoms with Gasteiger partial charge in [-0.1, -0.05) is 0 Å². The van der Waals surface area contributed by atoms with Gasteiger partial charge in [-0.2, -0.15) is 5.10 Å². The summed E-state index contributed by atoms with van der Waals surface area (Å²) in [7, 11) is 0. The number of aromatic nitrogens is 2. The molecular weight excluding hydrogens is 326 g/mol. The lowest BCUT2D eigenvalue weighted by molar-refractivity contribution is -0.115. The summed E-state index contributed by atoms with van der Waals surface area (Å²) in [6, 6.07) is 6.24. The predicted molar refractivity (Wildman–Crippen MR) is 103 cm³/mol. The van der Waals surface area contributed by atoms with Crippen LogP contribution < -0.4 is 5.32 Å². The van der Waals surface area contributed by atoms with Gasteiger partial charge in [0.05, 0.1) is 23.9 Å². The molecule has 1 aliphatic rings. The molecule has 0 bridgehead atoms. The molecule has 5 nitrogen and oxygen atoms in total. The van der Waals surface area contributed by atoms with E-state index in [2.05, 4.69) is 43.3 Å². The van der Waals surface area contributed by atoms with Crippen molar-refractivity contribution in [3.8, 4) is 0 Å². The lowest BCUT2D eigenvalue weighted by Crippen LogP contribution is -2.27. The fourth-order valence-corrected chi connectivity index (χ4v) is 3.74. The molecule has 0 fully saturated rings. The number of nitrogens with zero attached hydrogens (tertiary/aromatic N) is 2. The average Bonchev–Trinajstić information content (AvgIpc) is 3.24. The lowest BCUT2D eigenvalue weighted by atomic mass is 10.0. The van der Waals surface area contributed by atoms with Crippen molar-refractivity contribution in [1.29, 1.82) is 0 Å². The zero-order valence-corrected chi connectivity index (χ0v) is 15.8. The third-order valence-electron chi connectivity index (χ3n) is 4.95. The number of hydrogen-bond acceptors (Lipinski definition) is 3. The first-order chi connectivity index (χ1) is 12.3. The van der Waals surface area contributed by atoms with Crippen molar-refractivity contribution in [2.24, 2.45) is 0 Å². The van der Waals surface area contributed by atoms with Crippen LogP contribution in [0.1, 0.15) is 49.6 Å². The Labute approximate surface area is 153 Å². The van der Waals surface area contributed by atoms with E-state index in [-0.39, 0.29) is 11.4 Å². The van der Waals surface area contributed by atoms with Crippen molar-refractivity contribution in [2.45, 2.75) is 58.9 Å². The van der Waals surface area contributed by atoms with Crippen LogP contribution in [0.5, 0.6) is 0 Å². The van der Waals surface area contributed by atoms with E-state index in [0.717, 1.165) is 40.9 Å². The Morgan fingerprint density at radius 1 is 1.23 bits per heavy atom. The molecule has 26 heavy (non-hydrogen) atoms. The minimum absolute atomic E-state index is 0.0569. The normalized spacial score (nSPS) is 14.0. The molecule has 1 aromatic carbocycles. The molecule has 0 radical (unpaired) electrons. The number of rotatable bonds is 3. The van der Waals surface area contributed by atoms with E-state index in [1.807, 2.05) is 17.7 Å². The molecule has 5 heteroatoms. The van der Waals surface area contributed by atoms with Crippen molar-refractivity contribution >= 4 is 22.7 Å². The van der Waals surface area contributed by atoms with Gasteiger partial charge in [-0.25, -0.2) is 4.68 Å². The number of amides is 1. The maximum Gasteiger partial charge on any atom is 0.230 e. The van der Waals surface area contributed by atoms with Crippen LogP contribution in [0.25, 0.3) is 11.0 Å². The van der Waals surface area contributed by atoms with Crippen molar-refractivity contribution in [3.63, 3.8) is 0 Å². The number of benzene rings is 1. The van der Waals surface area contributed by atoms with E-state index in [1.54, 1.807) is 6.26 Å². The highest BCUT2D eigenvalue weighted by atomic mass is 16.3. The molecular formula is C21H25N3O2. The van der Waals surface area contributed by atoms with Crippen molar-refractivity contribution in [1.82, 2.24) is 9.78 Å². The second-order valence-corrected chi connectivity index (χ2v) is 8.21. The van der Waals surface area contributed by atoms with Gasteiger partial charge in [0.1, 0.15) is 11.4 Å². The molecule has 0 atom stereocenters. The summed E-state index contributed by atoms with van der Waals surface area (Å²) < 4.78 is 7.57. The van der Waals surface area contributed by atoms with Crippen LogP contribution in [0.15, 0.2) is 28.9 Å². The molecule has 0 saturated carbocycles. The van der Waals surface area contributed by atoms with Crippen LogP contribution >= 0.6 is 0 Å². The van der Waals surface area contributed by atoms with Crippen LogP contribution in [-0.4, -0.2) is 15.7 Å². The van der Waals surface area contributed by atoms with Gasteiger partial charge in [0, 0.05) is 17.0 Å². The standard InChI is InChI=1S/C21H25N3O2/c1-13-8-19(24(23-13)21(2,3)4)22-20(25)11-16-12-26-18-10-15-7-5-6-14(15)9-17(16)18/h8-10,12H,5-7,11H2,1-4H3,(H,22,25). The van der Waals surface area contributed by atoms with E-state index in [0.29, 0.717) is 6.42 Å². The lowest BCUT2D eigenvalue weighted by Gasteiger charge is -2.22. The largest absolute Gasteiger partial charge is 0.464 e. The SMILES string of the molecule is Cc1cc(NC(=O)Cc2coc3cc4c(cc23)CCC4)n(C(C)(C)C)n1. The summed E-state index contributed by atoms with van der Waals surface area (Å²) in [6.45, 7) is 8.14. The Kier molecular flexibility index (Phi) is 3.90. The Hall–Kier alpha value is -2.56. The highest BCUT2D eigenvalue weighted by Crippen LogP contribution is 2.30. The smallest absolute Gasteiger partial charge is 0.230 e. The number of fused-ring (bicyclic) bond motifs is 2. The second-order valence-electron chi connectivity index (χ2n) is 8.21. The van der Waals surface area contributed by atoms with Gasteiger partial charge >= 0.3 is 0 Å². The van der Waals surface area contributed by atoms with Gasteiger partial charge in [-0.15, -0.1) is 0 Å². The molecule has 0 spiro atoms. The molecule has 1 aliphatic carbocycles. The third-order valence-corrected chi connectivity index (χ3v) is 4.95. The Bertz CT molecular complexity index is 989. The molecule has 3 aromatic rings. The average molecular weight is 351 g/mol. The fraction of sp³-hybridized carbons (Fsp3) is 0.429. The summed E-state index contributed by atoms with van der Waals surface area (Å²) in [5, 5.41) is 8.57. The van der Waals surface area contributed by atoms with Gasteiger partial charge in [0.25, 0.3) is 0 Å². The van der Waals surface area contributed by atoms with E-state index in [4.69, 9.17) is 4.42 Å². The van der Waals surface area contributed by atoms with E-state index < -0.39 is 0 Å². The Morgan fingerprint density at radius 3 is 2.69 bits per heavy atom. The van der Waals surface area contributed by atoms with Crippen LogP contribution in [0.4, 0.5) is 5.82 Å². The number of furan rings is 1. The highest BCUT2D eigenvalue weighted by molar-refractivity contribution is 5.95. The van der Waals surface area contributed by atoms with Crippen LogP contribution in [0, 0.1) is 6.92 Å². The van der Waals surface area contributed by atoms with Gasteiger partial charge in [0.2, 0.25) is 5.91 Å². The zero-order valence-electron chi connectivity index (χ0n) is 15.8. The van der Waals surface area contributed by atoms with Crippen molar-refractivity contribution < 1.29 is 9.21 Å². The summed E-state index contributed by atoms with van der Waals surface area (Å²) >= 11 is 0. The summed E-state index contributed by atoms with van der Waals surface area (Å²) in [5.41, 5.74) is 5.28. The molecule has 1 amide bonds. The van der Waals surface area contributed by atoms with Crippen molar-refractivity contribution in [3.05, 3.63) is 46.8 Å². The van der Waals surface area contributed by atoms with Crippen LogP contribution in [0.3, 0.4) is 0 Å². The Morgan fingerprint density at radius 2 is 1.96 bits per heavy atom. The molecule has 2 aromatic heterocycles. The minimum atomic E-state index is -0.195. The number of carbonyl (C=O) groups excluding carboxylic acids is 1. The van der Waals surface area contributed by atoms with Gasteiger partial charge in [-0.05, 0) is 70.2 Å². The first kappa shape index (κ1) is 16.9. The quantitative estimate of drug-likeness (QED) is 0.762. The van der Waals surface area contributed by atoms with Gasteiger partial charge in [-0.3, -0.25) is 4.79 Å². The molecule has 136 valence electrons. The maximum atomic E-state index is 12.7. The second kappa shape index (κ2) is 6.01. The minimum Gasteiger partial charge on any atom is -0.464 e. The first-order valence-electron chi connectivity index (χ1n) is 9.20. The summed E-state index contributed by atoms with van der Waals surface area (Å²) in [6.07, 6.45) is 5.45.